The molecule has 3 rings (SSSR count). The summed E-state index contributed by atoms with van der Waals surface area (Å²) in [6.07, 6.45) is 0. The number of rotatable bonds is 2. The van der Waals surface area contributed by atoms with Crippen molar-refractivity contribution in [3.63, 3.8) is 0 Å². The van der Waals surface area contributed by atoms with Gasteiger partial charge in [-0.2, -0.15) is 0 Å². The van der Waals surface area contributed by atoms with Gasteiger partial charge in [0.05, 0.1) is 0 Å². The summed E-state index contributed by atoms with van der Waals surface area (Å²) in [6, 6.07) is 33.4. The van der Waals surface area contributed by atoms with Crippen LogP contribution in [0.25, 0.3) is 0 Å². The fourth-order valence-electron chi connectivity index (χ4n) is 1.54. The molecule has 0 atom stereocenters. The molecule has 0 aromatic heterocycles. The number of benzene rings is 3. The summed E-state index contributed by atoms with van der Waals surface area (Å²) in [6.45, 7) is 0. The maximum absolute atomic E-state index is 2.20. The molecular weight excluding hydrogens is 295 g/mol. The zero-order chi connectivity index (χ0) is 13.2. The Hall–Kier alpha value is -1.82. The second-order valence-electron chi connectivity index (χ2n) is 3.94. The van der Waals surface area contributed by atoms with Crippen molar-refractivity contribution in [3.05, 3.63) is 97.1 Å². The summed E-state index contributed by atoms with van der Waals surface area (Å²) in [7, 11) is 0. The first kappa shape index (κ1) is 13.6. The predicted octanol–water partition coefficient (Wildman–Crippen LogP) is 2.76. The van der Waals surface area contributed by atoms with Crippen molar-refractivity contribution in [2.75, 3.05) is 0 Å². The van der Waals surface area contributed by atoms with Crippen LogP contribution in [0.5, 0.6) is 0 Å². The fraction of sp³-hybridized carbons (Fsp3) is 0. The van der Waals surface area contributed by atoms with Crippen LogP contribution in [0.3, 0.4) is 0 Å². The maximum Gasteiger partial charge on any atom is -0.0623 e. The summed E-state index contributed by atoms with van der Waals surface area (Å²) < 4.78 is 2.93. The van der Waals surface area contributed by atoms with E-state index in [-0.39, 0.29) is 15.0 Å². The van der Waals surface area contributed by atoms with Crippen molar-refractivity contribution in [1.82, 2.24) is 0 Å². The van der Waals surface area contributed by atoms with Crippen LogP contribution in [0, 0.1) is 0 Å². The first-order chi connectivity index (χ1) is 9.45. The summed E-state index contributed by atoms with van der Waals surface area (Å²) >= 11 is 0.177. The fourth-order valence-corrected chi connectivity index (χ4v) is 3.51. The van der Waals surface area contributed by atoms with Gasteiger partial charge in [-0.05, 0) is 0 Å². The van der Waals surface area contributed by atoms with Gasteiger partial charge in [-0.15, -0.1) is 0 Å². The molecule has 0 fully saturated rings. The smallest absolute Gasteiger partial charge is 0.0623 e. The Balaban J connectivity index is 0.000000186. The van der Waals surface area contributed by atoms with E-state index < -0.39 is 0 Å². The average Bonchev–Trinajstić information content (AvgIpc) is 2.52. The van der Waals surface area contributed by atoms with E-state index in [0.29, 0.717) is 0 Å². The molecule has 0 aliphatic rings. The van der Waals surface area contributed by atoms with Crippen molar-refractivity contribution < 1.29 is 0 Å². The van der Waals surface area contributed by atoms with Gasteiger partial charge < -0.3 is 0 Å². The van der Waals surface area contributed by atoms with Crippen LogP contribution in [0.15, 0.2) is 97.1 Å². The van der Waals surface area contributed by atoms with Gasteiger partial charge in [0, 0.05) is 0 Å². The standard InChI is InChI=1S/C12H10Se.C6H6/c1-3-7-11(8-4-1)13-12-9-5-2-6-10-12;1-2-4-6-5-3-1/h1-10H;1-6H/p+1. The Morgan fingerprint density at radius 3 is 0.947 bits per heavy atom. The van der Waals surface area contributed by atoms with Crippen molar-refractivity contribution in [2.24, 2.45) is 0 Å². The van der Waals surface area contributed by atoms with Crippen LogP contribution in [0.1, 0.15) is 0 Å². The molecule has 0 unspecified atom stereocenters. The first-order valence-electron chi connectivity index (χ1n) is 6.27. The topological polar surface area (TPSA) is 0 Å². The van der Waals surface area contributed by atoms with Crippen LogP contribution < -0.4 is 8.92 Å². The minimum Gasteiger partial charge on any atom is -0.0623 e. The Bertz CT molecular complexity index is 483. The molecule has 0 heterocycles. The van der Waals surface area contributed by atoms with Gasteiger partial charge in [0.2, 0.25) is 0 Å². The molecule has 94 valence electrons. The van der Waals surface area contributed by atoms with Gasteiger partial charge in [0.25, 0.3) is 0 Å². The molecule has 19 heavy (non-hydrogen) atoms. The molecule has 0 saturated carbocycles. The monoisotopic (exact) mass is 313 g/mol. The third-order valence-corrected chi connectivity index (χ3v) is 4.77. The SMILES string of the molecule is c1ccc([SeH+]c2ccccc2)cc1.c1ccccc1. The van der Waals surface area contributed by atoms with Crippen LogP contribution in [0.2, 0.25) is 0 Å². The van der Waals surface area contributed by atoms with E-state index in [1.54, 1.807) is 0 Å². The van der Waals surface area contributed by atoms with Crippen LogP contribution in [-0.2, 0) is 0 Å². The molecule has 0 aliphatic carbocycles. The van der Waals surface area contributed by atoms with Crippen LogP contribution >= 0.6 is 0 Å². The van der Waals surface area contributed by atoms with Gasteiger partial charge in [0.1, 0.15) is 0 Å². The Morgan fingerprint density at radius 1 is 0.368 bits per heavy atom. The predicted molar refractivity (Wildman–Crippen MR) is 85.7 cm³/mol. The van der Waals surface area contributed by atoms with E-state index in [0.717, 1.165) is 0 Å². The largest absolute Gasteiger partial charge is 0.0623 e. The van der Waals surface area contributed by atoms with Gasteiger partial charge in [-0.1, -0.05) is 36.4 Å². The van der Waals surface area contributed by atoms with Gasteiger partial charge in [-0.25, -0.2) is 0 Å². The van der Waals surface area contributed by atoms with Crippen molar-refractivity contribution >= 4 is 23.9 Å². The minimum absolute atomic E-state index is 0.177. The molecule has 0 bridgehead atoms. The van der Waals surface area contributed by atoms with Gasteiger partial charge >= 0.3 is 84.5 Å². The molecule has 3 aromatic carbocycles. The molecule has 3 aromatic rings. The maximum atomic E-state index is 2.20. The molecule has 1 heteroatoms. The third-order valence-electron chi connectivity index (χ3n) is 2.44. The quantitative estimate of drug-likeness (QED) is 0.638. The summed E-state index contributed by atoms with van der Waals surface area (Å²) in [5, 5.41) is 0. The number of hydrogen-bond acceptors (Lipinski definition) is 0. The zero-order valence-corrected chi connectivity index (χ0v) is 12.6. The second-order valence-corrected chi connectivity index (χ2v) is 6.57. The zero-order valence-electron chi connectivity index (χ0n) is 10.7. The minimum atomic E-state index is 0.177. The Kier molecular flexibility index (Phi) is 5.95. The molecule has 0 nitrogen and oxygen atoms in total. The Labute approximate surface area is 121 Å². The van der Waals surface area contributed by atoms with Crippen molar-refractivity contribution in [1.29, 1.82) is 0 Å². The third kappa shape index (κ3) is 5.56. The van der Waals surface area contributed by atoms with Crippen LogP contribution in [-0.4, -0.2) is 15.0 Å². The van der Waals surface area contributed by atoms with Crippen molar-refractivity contribution in [3.8, 4) is 0 Å². The summed E-state index contributed by atoms with van der Waals surface area (Å²) in [5.41, 5.74) is 0. The molecular formula is C18H17Se+. The average molecular weight is 312 g/mol. The molecule has 0 N–H and O–H groups in total. The van der Waals surface area contributed by atoms with E-state index in [1.807, 2.05) is 36.4 Å². The van der Waals surface area contributed by atoms with Gasteiger partial charge in [-0.3, -0.25) is 0 Å². The van der Waals surface area contributed by atoms with E-state index >= 15 is 0 Å². The van der Waals surface area contributed by atoms with Gasteiger partial charge in [0.15, 0.2) is 0 Å². The molecule has 0 amide bonds. The molecule has 0 spiro atoms. The van der Waals surface area contributed by atoms with Crippen molar-refractivity contribution in [2.45, 2.75) is 0 Å². The Morgan fingerprint density at radius 2 is 0.632 bits per heavy atom. The molecule has 0 saturated heterocycles. The summed E-state index contributed by atoms with van der Waals surface area (Å²) in [5.74, 6) is 0. The van der Waals surface area contributed by atoms with E-state index in [1.165, 1.54) is 8.92 Å². The van der Waals surface area contributed by atoms with E-state index in [9.17, 15) is 0 Å². The first-order valence-corrected chi connectivity index (χ1v) is 8.15. The van der Waals surface area contributed by atoms with E-state index in [2.05, 4.69) is 60.7 Å². The second kappa shape index (κ2) is 8.31. The van der Waals surface area contributed by atoms with E-state index in [4.69, 9.17) is 0 Å². The normalized spacial score (nSPS) is 9.26. The molecule has 0 aliphatic heterocycles. The summed E-state index contributed by atoms with van der Waals surface area (Å²) in [4.78, 5) is 0. The van der Waals surface area contributed by atoms with Crippen LogP contribution in [0.4, 0.5) is 0 Å². The number of hydrogen-bond donors (Lipinski definition) is 0. The molecule has 0 radical (unpaired) electrons.